The summed E-state index contributed by atoms with van der Waals surface area (Å²) in [7, 11) is 0. The van der Waals surface area contributed by atoms with Crippen LogP contribution in [0.1, 0.15) is 26.3 Å². The summed E-state index contributed by atoms with van der Waals surface area (Å²) in [6, 6.07) is 55.4. The number of ether oxygens (including phenoxy) is 1. The van der Waals surface area contributed by atoms with Crippen LogP contribution in [-0.2, 0) is 26.5 Å². The molecular formula is C50H37N6OPtSe-3. The first-order valence-corrected chi connectivity index (χ1v) is 20.9. The van der Waals surface area contributed by atoms with Gasteiger partial charge in [0.1, 0.15) is 0 Å². The summed E-state index contributed by atoms with van der Waals surface area (Å²) < 4.78 is 9.02. The molecule has 2 aliphatic heterocycles. The van der Waals surface area contributed by atoms with Crippen molar-refractivity contribution in [3.63, 3.8) is 0 Å². The van der Waals surface area contributed by atoms with Gasteiger partial charge in [-0.25, -0.2) is 0 Å². The molecule has 8 aromatic rings. The Morgan fingerprint density at radius 2 is 1.36 bits per heavy atom. The fourth-order valence-electron chi connectivity index (χ4n) is 7.35. The van der Waals surface area contributed by atoms with E-state index in [0.29, 0.717) is 11.5 Å². The monoisotopic (exact) mass is 1010 g/mol. The average molecular weight is 1010 g/mol. The van der Waals surface area contributed by atoms with Crippen molar-refractivity contribution < 1.29 is 25.8 Å². The number of fused-ring (bicyclic) bond motifs is 3. The summed E-state index contributed by atoms with van der Waals surface area (Å²) in [6.07, 6.45) is 7.50. The van der Waals surface area contributed by atoms with E-state index < -0.39 is 0 Å². The van der Waals surface area contributed by atoms with E-state index in [1.165, 1.54) is 14.5 Å². The number of pyridine rings is 3. The van der Waals surface area contributed by atoms with Crippen LogP contribution in [0.15, 0.2) is 164 Å². The molecular weight excluding hydrogens is 975 g/mol. The van der Waals surface area contributed by atoms with Gasteiger partial charge in [0.05, 0.1) is 0 Å². The molecule has 7 nitrogen and oxygen atoms in total. The van der Waals surface area contributed by atoms with Gasteiger partial charge in [0.2, 0.25) is 0 Å². The molecule has 0 saturated carbocycles. The molecule has 0 fully saturated rings. The Morgan fingerprint density at radius 3 is 2.10 bits per heavy atom. The molecule has 0 bridgehead atoms. The molecule has 0 amide bonds. The normalized spacial score (nSPS) is 13.0. The van der Waals surface area contributed by atoms with Gasteiger partial charge < -0.3 is 0 Å². The van der Waals surface area contributed by atoms with E-state index in [1.54, 1.807) is 0 Å². The van der Waals surface area contributed by atoms with E-state index >= 15 is 0 Å². The zero-order valence-corrected chi connectivity index (χ0v) is 36.5. The first-order valence-electron chi connectivity index (χ1n) is 19.2. The summed E-state index contributed by atoms with van der Waals surface area (Å²) >= 11 is 0.0626. The predicted molar refractivity (Wildman–Crippen MR) is 235 cm³/mol. The van der Waals surface area contributed by atoms with Gasteiger partial charge in [-0.3, -0.25) is 0 Å². The molecule has 3 aromatic heterocycles. The summed E-state index contributed by atoms with van der Waals surface area (Å²) in [4.78, 5) is 20.7. The third kappa shape index (κ3) is 7.56. The third-order valence-electron chi connectivity index (χ3n) is 10.3. The quantitative estimate of drug-likeness (QED) is 0.116. The molecule has 0 N–H and O–H groups in total. The molecule has 5 heterocycles. The van der Waals surface area contributed by atoms with E-state index in [0.717, 1.165) is 62.3 Å². The second kappa shape index (κ2) is 16.0. The average Bonchev–Trinajstić information content (AvgIpc) is 3.66. The molecule has 59 heavy (non-hydrogen) atoms. The molecule has 0 saturated heterocycles. The molecule has 5 aromatic carbocycles. The van der Waals surface area contributed by atoms with Crippen LogP contribution < -0.4 is 28.4 Å². The number of aromatic nitrogens is 3. The summed E-state index contributed by atoms with van der Waals surface area (Å²) in [5.74, 6) is 2.78. The van der Waals surface area contributed by atoms with Crippen LogP contribution in [0.25, 0.3) is 22.3 Å². The number of anilines is 7. The molecule has 2 aliphatic rings. The van der Waals surface area contributed by atoms with Crippen LogP contribution in [0.5, 0.6) is 11.5 Å². The Morgan fingerprint density at radius 1 is 0.610 bits per heavy atom. The van der Waals surface area contributed by atoms with Crippen molar-refractivity contribution in [1.29, 1.82) is 0 Å². The maximum absolute atomic E-state index is 6.58. The Kier molecular flexibility index (Phi) is 10.4. The standard InChI is InChI=1S/C50H37N6OSe.Pt/c1-50(2,3)38-21-25-52-48(29-38)56-44-31-42(19-20-46(44)58-47-22-24-51-32-45(47)56)57-41-17-10-16-39(30-41)55-33-54(43-18-11-23-53-49(43)55)40-27-36(34-12-6-4-7-13-34)26-37(28-40)35-14-8-5-9-15-35;/h4-29,32-33H,1-3H3;/q-3;. The Labute approximate surface area is 365 Å². The molecule has 0 radical (unpaired) electrons. The van der Waals surface area contributed by atoms with Crippen molar-refractivity contribution in [3.05, 3.63) is 189 Å². The van der Waals surface area contributed by atoms with Crippen LogP contribution in [0.4, 0.5) is 40.1 Å². The third-order valence-corrected chi connectivity index (χ3v) is 12.6. The van der Waals surface area contributed by atoms with Gasteiger partial charge in [0, 0.05) is 21.1 Å². The minimum absolute atomic E-state index is 0. The minimum atomic E-state index is -0.0370. The zero-order chi connectivity index (χ0) is 39.2. The van der Waals surface area contributed by atoms with Crippen LogP contribution in [0, 0.1) is 18.8 Å². The Hall–Kier alpha value is -6.04. The molecule has 0 spiro atoms. The van der Waals surface area contributed by atoms with E-state index in [9.17, 15) is 0 Å². The van der Waals surface area contributed by atoms with Crippen LogP contribution in [-0.4, -0.2) is 29.9 Å². The van der Waals surface area contributed by atoms with Crippen molar-refractivity contribution in [1.82, 2.24) is 15.0 Å². The van der Waals surface area contributed by atoms with Crippen LogP contribution in [0.3, 0.4) is 0 Å². The molecule has 9 heteroatoms. The van der Waals surface area contributed by atoms with Gasteiger partial charge in [-0.05, 0) is 46.5 Å². The van der Waals surface area contributed by atoms with Gasteiger partial charge >= 0.3 is 240 Å². The first-order chi connectivity index (χ1) is 28.4. The van der Waals surface area contributed by atoms with E-state index in [2.05, 4.69) is 156 Å². The summed E-state index contributed by atoms with van der Waals surface area (Å²) in [5, 5.41) is 0. The number of rotatable bonds is 7. The molecule has 292 valence electrons. The van der Waals surface area contributed by atoms with Crippen molar-refractivity contribution in [3.8, 4) is 33.8 Å². The van der Waals surface area contributed by atoms with E-state index in [4.69, 9.17) is 14.7 Å². The number of nitrogens with zero attached hydrogens (tertiary/aromatic N) is 6. The van der Waals surface area contributed by atoms with Gasteiger partial charge in [0.15, 0.2) is 0 Å². The second-order valence-corrected chi connectivity index (χ2v) is 17.4. The summed E-state index contributed by atoms with van der Waals surface area (Å²) in [6.45, 7) is 8.74. The molecule has 0 atom stereocenters. The number of benzene rings is 5. The zero-order valence-electron chi connectivity index (χ0n) is 32.5. The Bertz CT molecular complexity index is 2740. The fourth-order valence-corrected chi connectivity index (χ4v) is 9.42. The van der Waals surface area contributed by atoms with Gasteiger partial charge in [-0.1, -0.05) is 60.7 Å². The maximum atomic E-state index is 6.58. The SMILES string of the molecule is CC(C)(C)c1ccnc(N2c3[c-]c(Oc4[c-]c(N5[CH-]N(c6cc(-c7ccccc7)cc(-c7ccccc7)c6)c6cccnc65)ccc4)ccc3[Se]c3ccncc32)c1.[Pt]. The molecule has 10 rings (SSSR count). The smallest absolute Gasteiger partial charge is 0 e. The van der Waals surface area contributed by atoms with Gasteiger partial charge in [-0.2, -0.15) is 0 Å². The van der Waals surface area contributed by atoms with E-state index in [-0.39, 0.29) is 41.4 Å². The minimum Gasteiger partial charge on any atom is 0 e. The largest absolute Gasteiger partial charge is 0 e. The van der Waals surface area contributed by atoms with Gasteiger partial charge in [-0.15, -0.1) is 0 Å². The molecule has 0 unspecified atom stereocenters. The fraction of sp³-hybridized carbons (Fsp3) is 0.0800. The summed E-state index contributed by atoms with van der Waals surface area (Å²) in [5.41, 5.74) is 10.5. The maximum Gasteiger partial charge on any atom is 0 e. The molecule has 0 aliphatic carbocycles. The van der Waals surface area contributed by atoms with Crippen molar-refractivity contribution in [2.24, 2.45) is 0 Å². The van der Waals surface area contributed by atoms with Crippen molar-refractivity contribution in [2.45, 2.75) is 26.2 Å². The number of hydrogen-bond donors (Lipinski definition) is 0. The van der Waals surface area contributed by atoms with Crippen LogP contribution >= 0.6 is 0 Å². The van der Waals surface area contributed by atoms with Gasteiger partial charge in [0.25, 0.3) is 0 Å². The second-order valence-electron chi connectivity index (χ2n) is 15.2. The predicted octanol–water partition coefficient (Wildman–Crippen LogP) is 10.7. The Balaban J connectivity index is 0.00000449. The number of hydrogen-bond acceptors (Lipinski definition) is 7. The van der Waals surface area contributed by atoms with Crippen molar-refractivity contribution in [2.75, 3.05) is 14.7 Å². The topological polar surface area (TPSA) is 57.6 Å². The van der Waals surface area contributed by atoms with E-state index in [1.807, 2.05) is 67.3 Å². The van der Waals surface area contributed by atoms with Crippen LogP contribution in [0.2, 0.25) is 0 Å². The first kappa shape index (κ1) is 38.5. The van der Waals surface area contributed by atoms with Crippen molar-refractivity contribution >= 4 is 64.0 Å².